The van der Waals surface area contributed by atoms with Gasteiger partial charge in [-0.15, -0.1) is 0 Å². The molecule has 4 N–H and O–H groups in total. The molecule has 7 unspecified atom stereocenters. The van der Waals surface area contributed by atoms with Crippen molar-refractivity contribution in [3.8, 4) is 6.07 Å². The highest BCUT2D eigenvalue weighted by molar-refractivity contribution is 5.76. The Morgan fingerprint density at radius 3 is 2.35 bits per heavy atom. The summed E-state index contributed by atoms with van der Waals surface area (Å²) in [6, 6.07) is 1.97. The maximum absolute atomic E-state index is 12.8. The molecule has 0 spiro atoms. The largest absolute Gasteiger partial charge is 0.481 e. The van der Waals surface area contributed by atoms with Crippen molar-refractivity contribution in [1.29, 1.82) is 5.26 Å². The molecule has 0 aromatic rings. The van der Waals surface area contributed by atoms with Gasteiger partial charge in [-0.2, -0.15) is 5.26 Å². The van der Waals surface area contributed by atoms with Crippen LogP contribution >= 0.6 is 0 Å². The van der Waals surface area contributed by atoms with Gasteiger partial charge in [0.2, 0.25) is 0 Å². The van der Waals surface area contributed by atoms with E-state index in [9.17, 15) is 30.5 Å². The van der Waals surface area contributed by atoms with E-state index >= 15 is 0 Å². The molecule has 1 heterocycles. The lowest BCUT2D eigenvalue weighted by Crippen LogP contribution is -2.60. The van der Waals surface area contributed by atoms with Crippen LogP contribution in [-0.4, -0.2) is 56.9 Å². The van der Waals surface area contributed by atoms with Gasteiger partial charge in [0, 0.05) is 0 Å². The van der Waals surface area contributed by atoms with Gasteiger partial charge < -0.3 is 25.2 Å². The smallest absolute Gasteiger partial charge is 0.310 e. The lowest BCUT2D eigenvalue weighted by molar-refractivity contribution is -0.216. The van der Waals surface area contributed by atoms with Gasteiger partial charge in [0.15, 0.2) is 6.10 Å². The molecule has 14 atom stereocenters. The molecule has 1 saturated heterocycles. The van der Waals surface area contributed by atoms with E-state index < -0.39 is 41.9 Å². The molecule has 0 aromatic carbocycles. The van der Waals surface area contributed by atoms with Gasteiger partial charge >= 0.3 is 5.97 Å². The van der Waals surface area contributed by atoms with E-state index in [1.165, 1.54) is 18.4 Å². The molecule has 7 nitrogen and oxygen atoms in total. The average molecular weight is 596 g/mol. The third-order valence-electron chi connectivity index (χ3n) is 15.7. The van der Waals surface area contributed by atoms with Gasteiger partial charge in [0.1, 0.15) is 18.3 Å². The molecule has 1 aliphatic heterocycles. The number of aliphatic carboxylic acids is 1. The number of nitriles is 1. The quantitative estimate of drug-likeness (QED) is 0.312. The maximum atomic E-state index is 12.8. The predicted molar refractivity (Wildman–Crippen MR) is 160 cm³/mol. The molecule has 7 rings (SSSR count). The molecule has 6 aliphatic carbocycles. The summed E-state index contributed by atoms with van der Waals surface area (Å²) in [5, 5.41) is 51.5. The molecule has 0 bridgehead atoms. The summed E-state index contributed by atoms with van der Waals surface area (Å²) in [6.45, 7) is 12.2. The first-order valence-electron chi connectivity index (χ1n) is 17.1. The van der Waals surface area contributed by atoms with Crippen LogP contribution in [0.3, 0.4) is 0 Å². The van der Waals surface area contributed by atoms with Crippen molar-refractivity contribution in [3.63, 3.8) is 0 Å². The standard InChI is InChI=1S/C36H53NO6/c1-31(2)12-15-36(30(41)42)11-8-21-20(22(36)16-31)6-7-25-32(21,3)10-9-26-33(25,4)13-14-35(19-34(26,35)5)17-23-27(38)29(40)28(39)24(18-37)43-23/h6,21-29,38-40H,7-17,19H2,1-5H3,(H,41,42)/t21?,22?,23-,24?,25?,26?,27?,28+,29?,32-,33+,34+,35+,36+/m0/s1. The van der Waals surface area contributed by atoms with E-state index in [1.54, 1.807) is 0 Å². The Morgan fingerprint density at radius 1 is 0.907 bits per heavy atom. The normalized spacial score (nSPS) is 56.5. The minimum atomic E-state index is -1.39. The van der Waals surface area contributed by atoms with Crippen LogP contribution in [0.2, 0.25) is 0 Å². The molecule has 43 heavy (non-hydrogen) atoms. The van der Waals surface area contributed by atoms with Crippen molar-refractivity contribution in [3.05, 3.63) is 11.6 Å². The molecule has 0 radical (unpaired) electrons. The zero-order valence-electron chi connectivity index (χ0n) is 26.8. The number of aliphatic hydroxyl groups excluding tert-OH is 3. The SMILES string of the molecule is CC1(C)CC[C@]2(C(=O)O)CCC3C(=CCC4[C@@]3(C)CCC3[C@]4(C)CC[C@@]4(C[C@@H]5OC(C#N)[C@@H](O)C(O)C5O)C[C@]34C)C2C1. The van der Waals surface area contributed by atoms with Crippen LogP contribution in [0, 0.1) is 67.5 Å². The van der Waals surface area contributed by atoms with Gasteiger partial charge in [-0.25, -0.2) is 0 Å². The number of carboxylic acids is 1. The first-order valence-corrected chi connectivity index (χ1v) is 17.1. The van der Waals surface area contributed by atoms with Crippen molar-refractivity contribution in [1.82, 2.24) is 0 Å². The Kier molecular flexibility index (Phi) is 6.54. The van der Waals surface area contributed by atoms with Crippen LogP contribution in [0.4, 0.5) is 0 Å². The van der Waals surface area contributed by atoms with Gasteiger partial charge in [0.05, 0.1) is 17.6 Å². The second-order valence-corrected chi connectivity index (χ2v) is 17.8. The van der Waals surface area contributed by atoms with Crippen LogP contribution in [0.25, 0.3) is 0 Å². The van der Waals surface area contributed by atoms with Gasteiger partial charge in [-0.05, 0) is 128 Å². The van der Waals surface area contributed by atoms with Gasteiger partial charge in [-0.3, -0.25) is 4.79 Å². The zero-order chi connectivity index (χ0) is 31.0. The molecule has 0 aromatic heterocycles. The molecule has 0 amide bonds. The fourth-order valence-electron chi connectivity index (χ4n) is 13.1. The first-order chi connectivity index (χ1) is 20.1. The van der Waals surface area contributed by atoms with Crippen molar-refractivity contribution < 1.29 is 30.0 Å². The highest BCUT2D eigenvalue weighted by Crippen LogP contribution is 2.83. The topological polar surface area (TPSA) is 131 Å². The highest BCUT2D eigenvalue weighted by atomic mass is 16.5. The molecule has 7 heteroatoms. The summed E-state index contributed by atoms with van der Waals surface area (Å²) in [7, 11) is 0. The third-order valence-corrected chi connectivity index (χ3v) is 15.7. The van der Waals surface area contributed by atoms with E-state index in [2.05, 4.69) is 40.7 Å². The minimum absolute atomic E-state index is 0.0217. The average Bonchev–Trinajstić information content (AvgIpc) is 3.56. The number of carbonyl (C=O) groups is 1. The monoisotopic (exact) mass is 595 g/mol. The second kappa shape index (κ2) is 9.30. The summed E-state index contributed by atoms with van der Waals surface area (Å²) in [5.41, 5.74) is 1.58. The fraction of sp³-hybridized carbons (Fsp3) is 0.889. The zero-order valence-corrected chi connectivity index (χ0v) is 26.8. The Labute approximate surface area is 257 Å². The molecular weight excluding hydrogens is 542 g/mol. The summed E-state index contributed by atoms with van der Waals surface area (Å²) in [6.07, 6.45) is 8.62. The molecule has 5 saturated carbocycles. The number of ether oxygens (including phenoxy) is 1. The number of rotatable bonds is 3. The van der Waals surface area contributed by atoms with E-state index in [1.807, 2.05) is 6.07 Å². The second-order valence-electron chi connectivity index (χ2n) is 17.8. The van der Waals surface area contributed by atoms with Gasteiger partial charge in [0.25, 0.3) is 0 Å². The predicted octanol–water partition coefficient (Wildman–Crippen LogP) is 5.62. The van der Waals surface area contributed by atoms with Crippen molar-refractivity contribution >= 4 is 5.97 Å². The Balaban J connectivity index is 1.16. The number of hydrogen-bond donors (Lipinski definition) is 4. The molecule has 6 fully saturated rings. The molecular formula is C36H53NO6. The summed E-state index contributed by atoms with van der Waals surface area (Å²) < 4.78 is 5.90. The van der Waals surface area contributed by atoms with Crippen LogP contribution in [-0.2, 0) is 9.53 Å². The number of nitrogens with zero attached hydrogens (tertiary/aromatic N) is 1. The Bertz CT molecular complexity index is 1270. The summed E-state index contributed by atoms with van der Waals surface area (Å²) >= 11 is 0. The van der Waals surface area contributed by atoms with Crippen LogP contribution in [0.5, 0.6) is 0 Å². The first kappa shape index (κ1) is 30.2. The third kappa shape index (κ3) is 3.88. The summed E-state index contributed by atoms with van der Waals surface area (Å²) in [5.74, 6) is 1.17. The van der Waals surface area contributed by atoms with Crippen LogP contribution in [0.1, 0.15) is 112 Å². The van der Waals surface area contributed by atoms with Crippen molar-refractivity contribution in [2.45, 2.75) is 142 Å². The lowest BCUT2D eigenvalue weighted by Gasteiger charge is -2.66. The highest BCUT2D eigenvalue weighted by Gasteiger charge is 2.76. The number of allylic oxidation sites excluding steroid dienone is 2. The van der Waals surface area contributed by atoms with E-state index in [0.29, 0.717) is 24.2 Å². The summed E-state index contributed by atoms with van der Waals surface area (Å²) in [4.78, 5) is 12.8. The lowest BCUT2D eigenvalue weighted by atomic mass is 9.38. The molecule has 238 valence electrons. The van der Waals surface area contributed by atoms with E-state index in [4.69, 9.17) is 4.74 Å². The van der Waals surface area contributed by atoms with E-state index in [0.717, 1.165) is 57.8 Å². The number of hydrogen-bond acceptors (Lipinski definition) is 6. The maximum Gasteiger partial charge on any atom is 0.310 e. The van der Waals surface area contributed by atoms with E-state index in [-0.39, 0.29) is 33.0 Å². The van der Waals surface area contributed by atoms with Crippen LogP contribution < -0.4 is 0 Å². The van der Waals surface area contributed by atoms with Crippen LogP contribution in [0.15, 0.2) is 11.6 Å². The number of carboxylic acid groups (broad SMARTS) is 1. The number of aliphatic hydroxyl groups is 3. The Hall–Kier alpha value is -1.46. The van der Waals surface area contributed by atoms with Gasteiger partial charge in [-0.1, -0.05) is 46.3 Å². The van der Waals surface area contributed by atoms with Crippen molar-refractivity contribution in [2.24, 2.45) is 56.2 Å². The minimum Gasteiger partial charge on any atom is -0.481 e. The molecule has 7 aliphatic rings. The fourth-order valence-corrected chi connectivity index (χ4v) is 13.1. The van der Waals surface area contributed by atoms with Crippen molar-refractivity contribution in [2.75, 3.05) is 0 Å². The number of fused-ring (bicyclic) bond motifs is 9. The Morgan fingerprint density at radius 2 is 1.65 bits per heavy atom.